The van der Waals surface area contributed by atoms with Gasteiger partial charge in [-0.15, -0.1) is 0 Å². The first-order valence-corrected chi connectivity index (χ1v) is 8.50. The van der Waals surface area contributed by atoms with E-state index in [0.717, 1.165) is 19.4 Å². The number of hydrogen-bond donors (Lipinski definition) is 3. The van der Waals surface area contributed by atoms with Gasteiger partial charge in [-0.05, 0) is 38.8 Å². The number of ether oxygens (including phenoxy) is 1. The number of alkyl halides is 2. The number of fused-ring (bicyclic) bond motifs is 3. The van der Waals surface area contributed by atoms with Crippen molar-refractivity contribution in [3.05, 3.63) is 23.8 Å². The van der Waals surface area contributed by atoms with Gasteiger partial charge in [0.1, 0.15) is 11.3 Å². The van der Waals surface area contributed by atoms with Crippen LogP contribution in [0.3, 0.4) is 0 Å². The summed E-state index contributed by atoms with van der Waals surface area (Å²) in [7, 11) is 2.13. The van der Waals surface area contributed by atoms with Crippen LogP contribution in [0.15, 0.2) is 18.2 Å². The highest BCUT2D eigenvalue weighted by Crippen LogP contribution is 2.39. The van der Waals surface area contributed by atoms with E-state index in [4.69, 9.17) is 0 Å². The van der Waals surface area contributed by atoms with E-state index in [2.05, 4.69) is 32.9 Å². The molecule has 1 aliphatic carbocycles. The SMILES string of the molecule is CN1CC2CC1CC2NC(=O)C1(C)NNc2cc(OC(F)F)ccc21. The Morgan fingerprint density at radius 2 is 2.24 bits per heavy atom. The molecule has 2 aliphatic heterocycles. The molecule has 8 heteroatoms. The summed E-state index contributed by atoms with van der Waals surface area (Å²) in [5.74, 6) is 0.448. The van der Waals surface area contributed by atoms with Crippen LogP contribution in [0.1, 0.15) is 25.3 Å². The standard InChI is InChI=1S/C17H22F2N4O2/c1-17(15(24)20-13-6-10-5-9(13)8-23(10)2)12-4-3-11(25-16(18)19)7-14(12)21-22-17/h3-4,7,9-10,13,16,21-22H,5-6,8H2,1-2H3,(H,20,24). The molecule has 4 unspecified atom stereocenters. The first-order valence-electron chi connectivity index (χ1n) is 8.50. The lowest BCUT2D eigenvalue weighted by atomic mass is 9.91. The van der Waals surface area contributed by atoms with Gasteiger partial charge in [0, 0.05) is 30.3 Å². The van der Waals surface area contributed by atoms with Gasteiger partial charge in [-0.1, -0.05) is 6.07 Å². The summed E-state index contributed by atoms with van der Waals surface area (Å²) in [6.07, 6.45) is 2.11. The molecule has 1 amide bonds. The summed E-state index contributed by atoms with van der Waals surface area (Å²) >= 11 is 0. The average molecular weight is 352 g/mol. The average Bonchev–Trinajstić information content (AvgIpc) is 3.20. The van der Waals surface area contributed by atoms with Gasteiger partial charge >= 0.3 is 6.61 Å². The van der Waals surface area contributed by atoms with Gasteiger partial charge in [-0.2, -0.15) is 8.78 Å². The highest BCUT2D eigenvalue weighted by molar-refractivity contribution is 5.91. The molecule has 1 saturated carbocycles. The molecule has 4 atom stereocenters. The monoisotopic (exact) mass is 352 g/mol. The summed E-state index contributed by atoms with van der Waals surface area (Å²) in [5, 5.41) is 3.18. The number of likely N-dealkylation sites (tertiary alicyclic amines) is 1. The number of anilines is 1. The fraction of sp³-hybridized carbons (Fsp3) is 0.588. The normalized spacial score (nSPS) is 33.4. The molecule has 3 N–H and O–H groups in total. The first kappa shape index (κ1) is 16.5. The van der Waals surface area contributed by atoms with E-state index in [1.54, 1.807) is 13.0 Å². The Balaban J connectivity index is 1.49. The number of hydrogen-bond acceptors (Lipinski definition) is 5. The second kappa shape index (κ2) is 5.81. The number of benzene rings is 1. The zero-order chi connectivity index (χ0) is 17.8. The topological polar surface area (TPSA) is 65.6 Å². The van der Waals surface area contributed by atoms with Gasteiger partial charge in [-0.3, -0.25) is 4.79 Å². The number of nitrogens with zero attached hydrogens (tertiary/aromatic N) is 1. The van der Waals surface area contributed by atoms with Crippen LogP contribution in [-0.4, -0.2) is 43.1 Å². The molecule has 136 valence electrons. The number of halogens is 2. The van der Waals surface area contributed by atoms with Crippen LogP contribution in [0.5, 0.6) is 5.75 Å². The molecule has 4 rings (SSSR count). The zero-order valence-corrected chi connectivity index (χ0v) is 14.2. The predicted octanol–water partition coefficient (Wildman–Crippen LogP) is 1.64. The van der Waals surface area contributed by atoms with Crippen molar-refractivity contribution in [2.75, 3.05) is 19.0 Å². The van der Waals surface area contributed by atoms with Crippen molar-refractivity contribution in [1.82, 2.24) is 15.6 Å². The smallest absolute Gasteiger partial charge is 0.387 e. The molecule has 1 aromatic rings. The van der Waals surface area contributed by atoms with Crippen molar-refractivity contribution < 1.29 is 18.3 Å². The maximum Gasteiger partial charge on any atom is 0.387 e. The maximum absolute atomic E-state index is 12.9. The zero-order valence-electron chi connectivity index (χ0n) is 14.2. The summed E-state index contributed by atoms with van der Waals surface area (Å²) in [5.41, 5.74) is 6.23. The minimum absolute atomic E-state index is 0.0591. The van der Waals surface area contributed by atoms with Gasteiger partial charge in [0.05, 0.1) is 5.69 Å². The minimum atomic E-state index is -2.88. The molecule has 6 nitrogen and oxygen atoms in total. The highest BCUT2D eigenvalue weighted by Gasteiger charge is 2.47. The van der Waals surface area contributed by atoms with Crippen LogP contribution in [0.2, 0.25) is 0 Å². The molecule has 2 heterocycles. The number of carbonyl (C=O) groups excluding carboxylic acids is 1. The summed E-state index contributed by atoms with van der Waals surface area (Å²) in [6, 6.07) is 5.32. The van der Waals surface area contributed by atoms with Gasteiger partial charge in [0.2, 0.25) is 5.91 Å². The molecule has 1 saturated heterocycles. The Kier molecular flexibility index (Phi) is 3.84. The minimum Gasteiger partial charge on any atom is -0.435 e. The van der Waals surface area contributed by atoms with Crippen molar-refractivity contribution in [1.29, 1.82) is 0 Å². The third-order valence-electron chi connectivity index (χ3n) is 5.79. The number of carbonyl (C=O) groups is 1. The van der Waals surface area contributed by atoms with E-state index in [0.29, 0.717) is 23.2 Å². The van der Waals surface area contributed by atoms with Gasteiger partial charge in [0.25, 0.3) is 0 Å². The van der Waals surface area contributed by atoms with Crippen molar-refractivity contribution >= 4 is 11.6 Å². The van der Waals surface area contributed by atoms with Gasteiger partial charge in [-0.25, -0.2) is 5.43 Å². The Morgan fingerprint density at radius 1 is 1.44 bits per heavy atom. The molecule has 0 radical (unpaired) electrons. The summed E-state index contributed by atoms with van der Waals surface area (Å²) < 4.78 is 29.1. The van der Waals surface area contributed by atoms with E-state index in [1.165, 1.54) is 12.1 Å². The summed E-state index contributed by atoms with van der Waals surface area (Å²) in [6.45, 7) is -0.0742. The van der Waals surface area contributed by atoms with Crippen LogP contribution < -0.4 is 20.9 Å². The van der Waals surface area contributed by atoms with E-state index in [9.17, 15) is 13.6 Å². The first-order chi connectivity index (χ1) is 11.9. The fourth-order valence-corrected chi connectivity index (χ4v) is 4.34. The third-order valence-corrected chi connectivity index (χ3v) is 5.79. The number of rotatable bonds is 4. The Bertz CT molecular complexity index is 699. The second-order valence-electron chi connectivity index (χ2n) is 7.37. The predicted molar refractivity (Wildman–Crippen MR) is 88.3 cm³/mol. The van der Waals surface area contributed by atoms with E-state index < -0.39 is 12.2 Å². The highest BCUT2D eigenvalue weighted by atomic mass is 19.3. The lowest BCUT2D eigenvalue weighted by Crippen LogP contribution is -2.55. The molecular weight excluding hydrogens is 330 g/mol. The summed E-state index contributed by atoms with van der Waals surface area (Å²) in [4.78, 5) is 15.3. The Morgan fingerprint density at radius 3 is 2.88 bits per heavy atom. The molecule has 0 spiro atoms. The molecule has 1 aromatic carbocycles. The molecule has 2 fully saturated rings. The van der Waals surface area contributed by atoms with Crippen molar-refractivity contribution in [2.24, 2.45) is 5.92 Å². The van der Waals surface area contributed by atoms with Crippen molar-refractivity contribution in [3.8, 4) is 5.75 Å². The Labute approximate surface area is 144 Å². The van der Waals surface area contributed by atoms with E-state index in [1.807, 2.05) is 0 Å². The van der Waals surface area contributed by atoms with E-state index in [-0.39, 0.29) is 17.7 Å². The Hall–Kier alpha value is -1.93. The molecule has 25 heavy (non-hydrogen) atoms. The van der Waals surface area contributed by atoms with Crippen molar-refractivity contribution in [3.63, 3.8) is 0 Å². The number of piperidine rings is 1. The van der Waals surface area contributed by atoms with Crippen LogP contribution >= 0.6 is 0 Å². The lowest BCUT2D eigenvalue weighted by Gasteiger charge is -2.32. The van der Waals surface area contributed by atoms with Crippen LogP contribution in [0.25, 0.3) is 0 Å². The van der Waals surface area contributed by atoms with Crippen molar-refractivity contribution in [2.45, 2.75) is 44.0 Å². The quantitative estimate of drug-likeness (QED) is 0.769. The molecular formula is C17H22F2N4O2. The number of amides is 1. The largest absolute Gasteiger partial charge is 0.435 e. The van der Waals surface area contributed by atoms with Crippen LogP contribution in [0.4, 0.5) is 14.5 Å². The molecule has 2 bridgehead atoms. The molecule has 3 aliphatic rings. The fourth-order valence-electron chi connectivity index (χ4n) is 4.34. The lowest BCUT2D eigenvalue weighted by molar-refractivity contribution is -0.128. The van der Waals surface area contributed by atoms with Crippen LogP contribution in [-0.2, 0) is 10.3 Å². The van der Waals surface area contributed by atoms with Gasteiger partial charge in [0.15, 0.2) is 0 Å². The van der Waals surface area contributed by atoms with E-state index >= 15 is 0 Å². The second-order valence-corrected chi connectivity index (χ2v) is 7.37. The van der Waals surface area contributed by atoms with Gasteiger partial charge < -0.3 is 20.4 Å². The number of hydrazine groups is 1. The molecule has 0 aromatic heterocycles. The number of nitrogens with one attached hydrogen (secondary N) is 3. The maximum atomic E-state index is 12.9. The third kappa shape index (κ3) is 2.73. The van der Waals surface area contributed by atoms with Crippen LogP contribution in [0, 0.1) is 5.92 Å².